The summed E-state index contributed by atoms with van der Waals surface area (Å²) in [6.07, 6.45) is 6.34. The Bertz CT molecular complexity index is 961. The van der Waals surface area contributed by atoms with Crippen molar-refractivity contribution in [2.45, 2.75) is 19.3 Å². The lowest BCUT2D eigenvalue weighted by Crippen LogP contribution is -2.23. The molecule has 2 aromatic carbocycles. The minimum absolute atomic E-state index is 0.0558. The van der Waals surface area contributed by atoms with Gasteiger partial charge in [-0.25, -0.2) is 0 Å². The summed E-state index contributed by atoms with van der Waals surface area (Å²) in [6.45, 7) is 4.46. The Morgan fingerprint density at radius 2 is 1.91 bits per heavy atom. The van der Waals surface area contributed by atoms with Crippen LogP contribution in [0.4, 0.5) is 5.69 Å². The van der Waals surface area contributed by atoms with Crippen LogP contribution < -0.4 is 0 Å². The number of hydrogen-bond acceptors (Lipinski definition) is 1. The van der Waals surface area contributed by atoms with Gasteiger partial charge < -0.3 is 4.98 Å². The summed E-state index contributed by atoms with van der Waals surface area (Å²) in [4.78, 5) is 8.13. The number of fused-ring (bicyclic) bond motifs is 2. The smallest absolute Gasteiger partial charge is 0.0674 e. The number of aromatic amines is 1. The number of para-hydroxylation sites is 1. The second-order valence-electron chi connectivity index (χ2n) is 6.41. The lowest BCUT2D eigenvalue weighted by atomic mass is 9.81. The Labute approximate surface area is 144 Å². The molecule has 0 amide bonds. The molecule has 0 radical (unpaired) electrons. The second-order valence-corrected chi connectivity index (χ2v) is 7.32. The summed E-state index contributed by atoms with van der Waals surface area (Å²) >= 11 is 3.54. The van der Waals surface area contributed by atoms with Crippen molar-refractivity contribution >= 4 is 44.3 Å². The van der Waals surface area contributed by atoms with Crippen LogP contribution in [-0.2, 0) is 5.41 Å². The molecule has 1 N–H and O–H groups in total. The van der Waals surface area contributed by atoms with Crippen molar-refractivity contribution in [3.8, 4) is 0 Å². The second kappa shape index (κ2) is 5.20. The number of rotatable bonds is 2. The first-order chi connectivity index (χ1) is 11.1. The first-order valence-corrected chi connectivity index (χ1v) is 8.48. The van der Waals surface area contributed by atoms with Crippen molar-refractivity contribution in [3.05, 3.63) is 70.3 Å². The van der Waals surface area contributed by atoms with E-state index >= 15 is 0 Å². The summed E-state index contributed by atoms with van der Waals surface area (Å²) in [7, 11) is 0. The Balaban J connectivity index is 1.73. The summed E-state index contributed by atoms with van der Waals surface area (Å²) in [5.74, 6) is 0. The predicted octanol–water partition coefficient (Wildman–Crippen LogP) is 6.01. The highest BCUT2D eigenvalue weighted by atomic mass is 79.9. The van der Waals surface area contributed by atoms with Gasteiger partial charge in [-0.1, -0.05) is 54.1 Å². The van der Waals surface area contributed by atoms with Gasteiger partial charge in [-0.15, -0.1) is 0 Å². The molecule has 23 heavy (non-hydrogen) atoms. The van der Waals surface area contributed by atoms with Crippen molar-refractivity contribution in [1.29, 1.82) is 0 Å². The highest BCUT2D eigenvalue weighted by molar-refractivity contribution is 9.10. The molecule has 1 aromatic heterocycles. The van der Waals surface area contributed by atoms with Crippen LogP contribution in [0.15, 0.2) is 64.2 Å². The number of nitrogens with zero attached hydrogens (tertiary/aromatic N) is 1. The summed E-state index contributed by atoms with van der Waals surface area (Å²) in [5.41, 5.74) is 5.74. The van der Waals surface area contributed by atoms with E-state index in [2.05, 4.69) is 77.2 Å². The van der Waals surface area contributed by atoms with Crippen LogP contribution in [0.25, 0.3) is 17.0 Å². The molecule has 3 aromatic rings. The fourth-order valence-electron chi connectivity index (χ4n) is 3.17. The van der Waals surface area contributed by atoms with E-state index in [1.807, 2.05) is 18.3 Å². The lowest BCUT2D eigenvalue weighted by molar-refractivity contribution is 0.740. The highest BCUT2D eigenvalue weighted by Crippen LogP contribution is 2.40. The molecular weight excluding hydrogens is 348 g/mol. The number of allylic oxidation sites excluding steroid dienone is 1. The van der Waals surface area contributed by atoms with Gasteiger partial charge in [0.25, 0.3) is 0 Å². The molecule has 1 aliphatic heterocycles. The van der Waals surface area contributed by atoms with E-state index in [-0.39, 0.29) is 5.41 Å². The van der Waals surface area contributed by atoms with Crippen LogP contribution in [0.5, 0.6) is 0 Å². The van der Waals surface area contributed by atoms with Crippen LogP contribution in [-0.4, -0.2) is 10.7 Å². The first-order valence-electron chi connectivity index (χ1n) is 7.69. The Kier molecular flexibility index (Phi) is 3.27. The fourth-order valence-corrected chi connectivity index (χ4v) is 3.53. The van der Waals surface area contributed by atoms with Crippen molar-refractivity contribution in [2.75, 3.05) is 0 Å². The predicted molar refractivity (Wildman–Crippen MR) is 102 cm³/mol. The number of halogens is 1. The normalized spacial score (nSPS) is 16.0. The van der Waals surface area contributed by atoms with E-state index in [1.54, 1.807) is 0 Å². The first kappa shape index (κ1) is 14.5. The molecule has 0 bridgehead atoms. The van der Waals surface area contributed by atoms with Crippen molar-refractivity contribution in [2.24, 2.45) is 4.99 Å². The molecule has 0 atom stereocenters. The molecule has 114 valence electrons. The number of H-pyrrole nitrogens is 1. The van der Waals surface area contributed by atoms with Gasteiger partial charge in [0, 0.05) is 27.0 Å². The summed E-state index contributed by atoms with van der Waals surface area (Å²) in [6, 6.07) is 14.7. The Morgan fingerprint density at radius 1 is 1.09 bits per heavy atom. The average molecular weight is 365 g/mol. The zero-order valence-corrected chi connectivity index (χ0v) is 14.7. The largest absolute Gasteiger partial charge is 0.361 e. The monoisotopic (exact) mass is 364 g/mol. The number of nitrogens with one attached hydrogen (secondary N) is 1. The molecule has 4 rings (SSSR count). The molecule has 0 saturated heterocycles. The number of benzene rings is 2. The van der Waals surface area contributed by atoms with Crippen molar-refractivity contribution in [1.82, 2.24) is 4.98 Å². The van der Waals surface area contributed by atoms with Gasteiger partial charge in [-0.3, -0.25) is 4.99 Å². The van der Waals surface area contributed by atoms with E-state index in [0.29, 0.717) is 0 Å². The summed E-state index contributed by atoms with van der Waals surface area (Å²) < 4.78 is 1.09. The topological polar surface area (TPSA) is 28.1 Å². The third kappa shape index (κ3) is 2.36. The van der Waals surface area contributed by atoms with Gasteiger partial charge in [0.15, 0.2) is 0 Å². The molecule has 0 saturated carbocycles. The number of aliphatic imine (C=N–C) groups is 1. The van der Waals surface area contributed by atoms with Gasteiger partial charge in [0.2, 0.25) is 0 Å². The summed E-state index contributed by atoms with van der Waals surface area (Å²) in [5, 5.41) is 1.21. The van der Waals surface area contributed by atoms with Gasteiger partial charge >= 0.3 is 0 Å². The number of hydrogen-bond donors (Lipinski definition) is 1. The Hall–Kier alpha value is -2.13. The molecular formula is C20H17BrN2. The van der Waals surface area contributed by atoms with Gasteiger partial charge in [0.05, 0.1) is 11.4 Å². The van der Waals surface area contributed by atoms with E-state index in [9.17, 15) is 0 Å². The molecule has 0 unspecified atom stereocenters. The molecule has 0 spiro atoms. The van der Waals surface area contributed by atoms with Crippen molar-refractivity contribution < 1.29 is 0 Å². The van der Waals surface area contributed by atoms with Crippen LogP contribution in [0.2, 0.25) is 0 Å². The molecule has 2 heterocycles. The minimum atomic E-state index is -0.0558. The van der Waals surface area contributed by atoms with E-state index < -0.39 is 0 Å². The van der Waals surface area contributed by atoms with Crippen LogP contribution in [0, 0.1) is 0 Å². The zero-order valence-electron chi connectivity index (χ0n) is 13.1. The minimum Gasteiger partial charge on any atom is -0.361 e. The third-order valence-corrected chi connectivity index (χ3v) is 5.05. The molecule has 3 heteroatoms. The molecule has 0 fully saturated rings. The molecule has 0 aliphatic carbocycles. The fraction of sp³-hybridized carbons (Fsp3) is 0.150. The van der Waals surface area contributed by atoms with Gasteiger partial charge in [-0.05, 0) is 41.5 Å². The maximum atomic E-state index is 4.81. The van der Waals surface area contributed by atoms with Gasteiger partial charge in [0.1, 0.15) is 0 Å². The quantitative estimate of drug-likeness (QED) is 0.576. The van der Waals surface area contributed by atoms with E-state index in [0.717, 1.165) is 21.4 Å². The maximum absolute atomic E-state index is 4.81. The van der Waals surface area contributed by atoms with Gasteiger partial charge in [-0.2, -0.15) is 0 Å². The average Bonchev–Trinajstić information content (AvgIpc) is 3.04. The molecule has 1 aliphatic rings. The standard InChI is InChI=1S/C20H17BrN2/c1-20(2)16-5-3-4-6-18(16)23-19(20)10-7-13-12-22-17-9-8-14(21)11-15(13)17/h3-12,22H,1-2H3/b10-7+. The van der Waals surface area contributed by atoms with Crippen LogP contribution in [0.3, 0.4) is 0 Å². The van der Waals surface area contributed by atoms with E-state index in [1.165, 1.54) is 16.5 Å². The number of aromatic nitrogens is 1. The maximum Gasteiger partial charge on any atom is 0.0674 e. The van der Waals surface area contributed by atoms with Crippen LogP contribution in [0.1, 0.15) is 25.0 Å². The lowest BCUT2D eigenvalue weighted by Gasteiger charge is -2.20. The molecule has 2 nitrogen and oxygen atoms in total. The highest BCUT2D eigenvalue weighted by Gasteiger charge is 2.32. The van der Waals surface area contributed by atoms with Crippen molar-refractivity contribution in [3.63, 3.8) is 0 Å². The SMILES string of the molecule is CC1(C)C(/C=C/c2c[nH]c3ccc(Br)cc23)=Nc2ccccc21. The third-order valence-electron chi connectivity index (χ3n) is 4.56. The zero-order chi connectivity index (χ0) is 16.0. The van der Waals surface area contributed by atoms with Crippen LogP contribution >= 0.6 is 15.9 Å². The Morgan fingerprint density at radius 3 is 2.74 bits per heavy atom. The van der Waals surface area contributed by atoms with E-state index in [4.69, 9.17) is 4.99 Å².